The number of sulfone groups is 1. The van der Waals surface area contributed by atoms with Crippen molar-refractivity contribution in [3.05, 3.63) is 99.0 Å². The second-order valence-electron chi connectivity index (χ2n) is 14.8. The van der Waals surface area contributed by atoms with E-state index in [1.807, 2.05) is 60.4 Å². The highest BCUT2D eigenvalue weighted by Crippen LogP contribution is 2.57. The largest absolute Gasteiger partial charge is 0.493 e. The Bertz CT molecular complexity index is 1800. The number of piperazine rings is 1. The lowest BCUT2D eigenvalue weighted by Gasteiger charge is -2.45. The standard InChI is InChI=1S/C39H49Cl2N3O4S/c1-8-48-33-26-29(37(2,3)4)14-19-32(33)35-34(36(45)44-23-21-43(22-24-44)20-9-25-49(7,46)47)38(5,27-10-15-30(40)16-11-27)39(6,42-35)28-12-17-31(41)18-13-28/h10-19,26,34H,8-9,20-25H2,1-7H3/t34?,38-,39-/m1/s1. The van der Waals surface area contributed by atoms with Crippen molar-refractivity contribution in [3.63, 3.8) is 0 Å². The Morgan fingerprint density at radius 3 is 2.02 bits per heavy atom. The summed E-state index contributed by atoms with van der Waals surface area (Å²) in [5.41, 5.74) is 2.72. The molecular formula is C39H49Cl2N3O4S. The van der Waals surface area contributed by atoms with Crippen molar-refractivity contribution in [1.29, 1.82) is 0 Å². The summed E-state index contributed by atoms with van der Waals surface area (Å²) < 4.78 is 29.7. The third-order valence-corrected chi connectivity index (χ3v) is 11.9. The number of carbonyl (C=O) groups excluding carboxylic acids is 1. The van der Waals surface area contributed by atoms with E-state index < -0.39 is 26.7 Å². The molecular weight excluding hydrogens is 677 g/mol. The highest BCUT2D eigenvalue weighted by atomic mass is 35.5. The summed E-state index contributed by atoms with van der Waals surface area (Å²) >= 11 is 12.8. The van der Waals surface area contributed by atoms with Crippen molar-refractivity contribution in [2.75, 3.05) is 51.3 Å². The minimum absolute atomic E-state index is 0.00650. The van der Waals surface area contributed by atoms with Crippen molar-refractivity contribution in [2.24, 2.45) is 10.9 Å². The molecule has 7 nitrogen and oxygen atoms in total. The van der Waals surface area contributed by atoms with Crippen LogP contribution in [0, 0.1) is 5.92 Å². The Balaban J connectivity index is 1.65. The van der Waals surface area contributed by atoms with Crippen LogP contribution in [0.1, 0.15) is 70.2 Å². The summed E-state index contributed by atoms with van der Waals surface area (Å²) in [7, 11) is -3.02. The van der Waals surface area contributed by atoms with Gasteiger partial charge in [-0.3, -0.25) is 14.7 Å². The van der Waals surface area contributed by atoms with Crippen LogP contribution < -0.4 is 4.74 Å². The third kappa shape index (κ3) is 7.73. The molecule has 1 fully saturated rings. The van der Waals surface area contributed by atoms with Crippen molar-refractivity contribution >= 4 is 44.7 Å². The van der Waals surface area contributed by atoms with Gasteiger partial charge >= 0.3 is 0 Å². The summed E-state index contributed by atoms with van der Waals surface area (Å²) in [5.74, 6) is 0.214. The molecule has 2 heterocycles. The number of carbonyl (C=O) groups is 1. The minimum Gasteiger partial charge on any atom is -0.493 e. The van der Waals surface area contributed by atoms with Crippen molar-refractivity contribution in [2.45, 2.75) is 64.3 Å². The van der Waals surface area contributed by atoms with Gasteiger partial charge in [-0.25, -0.2) is 8.42 Å². The maximum absolute atomic E-state index is 15.2. The average Bonchev–Trinajstić information content (AvgIpc) is 3.28. The van der Waals surface area contributed by atoms with Gasteiger partial charge in [0.15, 0.2) is 0 Å². The zero-order valence-electron chi connectivity index (χ0n) is 29.7. The Labute approximate surface area is 302 Å². The molecule has 2 aliphatic rings. The summed E-state index contributed by atoms with van der Waals surface area (Å²) in [4.78, 5) is 25.0. The molecule has 10 heteroatoms. The number of rotatable bonds is 10. The highest BCUT2D eigenvalue weighted by molar-refractivity contribution is 7.90. The first-order valence-electron chi connectivity index (χ1n) is 17.1. The van der Waals surface area contributed by atoms with E-state index in [0.29, 0.717) is 67.3 Å². The normalized spacial score (nSPS) is 23.4. The first-order valence-corrected chi connectivity index (χ1v) is 19.9. The SMILES string of the molecule is CCOc1cc(C(C)(C)C)ccc1C1=N[C@](C)(c2ccc(Cl)cc2)[C@](C)(c2ccc(Cl)cc2)C1C(=O)N1CCN(CCCS(C)(=O)=O)CC1. The van der Waals surface area contributed by atoms with Crippen LogP contribution in [0.5, 0.6) is 5.75 Å². The van der Waals surface area contributed by atoms with Gasteiger partial charge in [0.25, 0.3) is 0 Å². The quantitative estimate of drug-likeness (QED) is 0.216. The second kappa shape index (κ2) is 14.4. The number of benzene rings is 3. The molecule has 0 N–H and O–H groups in total. The Hall–Kier alpha value is -2.91. The van der Waals surface area contributed by atoms with Gasteiger partial charge < -0.3 is 9.64 Å². The maximum Gasteiger partial charge on any atom is 0.232 e. The van der Waals surface area contributed by atoms with E-state index in [2.05, 4.69) is 57.7 Å². The fraction of sp³-hybridized carbons (Fsp3) is 0.487. The van der Waals surface area contributed by atoms with Crippen molar-refractivity contribution < 1.29 is 17.9 Å². The van der Waals surface area contributed by atoms with Crippen LogP contribution in [0.15, 0.2) is 71.7 Å². The highest BCUT2D eigenvalue weighted by Gasteiger charge is 2.61. The van der Waals surface area contributed by atoms with E-state index in [4.69, 9.17) is 32.9 Å². The fourth-order valence-electron chi connectivity index (χ4n) is 7.34. The topological polar surface area (TPSA) is 79.3 Å². The van der Waals surface area contributed by atoms with Gasteiger partial charge in [0.1, 0.15) is 15.6 Å². The number of nitrogens with zero attached hydrogens (tertiary/aromatic N) is 3. The van der Waals surface area contributed by atoms with Crippen LogP contribution >= 0.6 is 23.2 Å². The molecule has 0 bridgehead atoms. The van der Waals surface area contributed by atoms with Crippen molar-refractivity contribution in [3.8, 4) is 5.75 Å². The van der Waals surface area contributed by atoms with Gasteiger partial charge in [-0.1, -0.05) is 81.2 Å². The first kappa shape index (κ1) is 37.3. The van der Waals surface area contributed by atoms with E-state index in [-0.39, 0.29) is 17.1 Å². The van der Waals surface area contributed by atoms with E-state index in [0.717, 1.165) is 22.3 Å². The zero-order valence-corrected chi connectivity index (χ0v) is 32.1. The third-order valence-electron chi connectivity index (χ3n) is 10.4. The average molecular weight is 727 g/mol. The van der Waals surface area contributed by atoms with Gasteiger partial charge in [0.05, 0.1) is 29.5 Å². The van der Waals surface area contributed by atoms with Gasteiger partial charge in [0, 0.05) is 53.5 Å². The molecule has 1 saturated heterocycles. The summed E-state index contributed by atoms with van der Waals surface area (Å²) in [6, 6.07) is 21.8. The van der Waals surface area contributed by atoms with E-state index in [1.165, 1.54) is 6.26 Å². The van der Waals surface area contributed by atoms with E-state index >= 15 is 4.79 Å². The van der Waals surface area contributed by atoms with E-state index in [1.54, 1.807) is 0 Å². The van der Waals surface area contributed by atoms with Crippen LogP contribution in [0.25, 0.3) is 0 Å². The molecule has 3 aromatic carbocycles. The summed E-state index contributed by atoms with van der Waals surface area (Å²) in [5, 5.41) is 1.24. The Kier molecular flexibility index (Phi) is 11.0. The number of hydrogen-bond donors (Lipinski definition) is 0. The zero-order chi connectivity index (χ0) is 35.8. The molecule has 0 spiro atoms. The lowest BCUT2D eigenvalue weighted by molar-refractivity contribution is -0.137. The lowest BCUT2D eigenvalue weighted by atomic mass is 9.59. The van der Waals surface area contributed by atoms with Gasteiger partial charge in [-0.15, -0.1) is 0 Å². The number of amides is 1. The number of ether oxygens (including phenoxy) is 1. The molecule has 3 atom stereocenters. The smallest absolute Gasteiger partial charge is 0.232 e. The Morgan fingerprint density at radius 2 is 1.49 bits per heavy atom. The van der Waals surface area contributed by atoms with Crippen LogP contribution in [-0.4, -0.2) is 81.2 Å². The molecule has 2 aliphatic heterocycles. The lowest BCUT2D eigenvalue weighted by Crippen LogP contribution is -2.56. The van der Waals surface area contributed by atoms with Gasteiger partial charge in [0.2, 0.25) is 5.91 Å². The molecule has 0 radical (unpaired) electrons. The first-order chi connectivity index (χ1) is 23.0. The molecule has 5 rings (SSSR count). The molecule has 1 unspecified atom stereocenters. The van der Waals surface area contributed by atoms with Crippen LogP contribution in [0.4, 0.5) is 0 Å². The second-order valence-corrected chi connectivity index (χ2v) is 17.9. The summed E-state index contributed by atoms with van der Waals surface area (Å²) in [6.45, 7) is 16.3. The number of hydrogen-bond acceptors (Lipinski definition) is 6. The molecule has 0 aromatic heterocycles. The molecule has 3 aromatic rings. The summed E-state index contributed by atoms with van der Waals surface area (Å²) in [6.07, 6.45) is 1.85. The molecule has 0 saturated carbocycles. The van der Waals surface area contributed by atoms with Crippen LogP contribution in [0.2, 0.25) is 10.0 Å². The monoisotopic (exact) mass is 725 g/mol. The Morgan fingerprint density at radius 1 is 0.918 bits per heavy atom. The minimum atomic E-state index is -3.02. The van der Waals surface area contributed by atoms with Crippen molar-refractivity contribution in [1.82, 2.24) is 9.80 Å². The number of aliphatic imine (C=N–C) groups is 1. The van der Waals surface area contributed by atoms with Gasteiger partial charge in [-0.2, -0.15) is 0 Å². The van der Waals surface area contributed by atoms with E-state index in [9.17, 15) is 8.42 Å². The maximum atomic E-state index is 15.2. The van der Waals surface area contributed by atoms with Crippen LogP contribution in [0.3, 0.4) is 0 Å². The molecule has 1 amide bonds. The predicted octanol–water partition coefficient (Wildman–Crippen LogP) is 7.56. The number of halogens is 2. The molecule has 264 valence electrons. The molecule has 0 aliphatic carbocycles. The fourth-order valence-corrected chi connectivity index (χ4v) is 8.24. The van der Waals surface area contributed by atoms with Gasteiger partial charge in [-0.05, 0) is 85.3 Å². The predicted molar refractivity (Wildman–Crippen MR) is 201 cm³/mol. The molecule has 49 heavy (non-hydrogen) atoms. The van der Waals surface area contributed by atoms with Crippen LogP contribution in [-0.2, 0) is 31.0 Å².